The van der Waals surface area contributed by atoms with Crippen molar-refractivity contribution in [1.82, 2.24) is 4.98 Å². The molecule has 0 aliphatic rings. The fraction of sp³-hybridized carbons (Fsp3) is 0.444. The van der Waals surface area contributed by atoms with E-state index >= 15 is 0 Å². The van der Waals surface area contributed by atoms with Crippen molar-refractivity contribution in [2.75, 3.05) is 13.7 Å². The van der Waals surface area contributed by atoms with Gasteiger partial charge in [0.15, 0.2) is 11.6 Å². The van der Waals surface area contributed by atoms with E-state index in [1.165, 1.54) is 18.4 Å². The highest BCUT2D eigenvalue weighted by atomic mass is 32.1. The van der Waals surface area contributed by atoms with Crippen LogP contribution < -0.4 is 0 Å². The van der Waals surface area contributed by atoms with Crippen LogP contribution in [0.3, 0.4) is 0 Å². The first kappa shape index (κ1) is 11.0. The Morgan fingerprint density at radius 1 is 1.57 bits per heavy atom. The molecule has 0 aromatic carbocycles. The number of nitrogens with zero attached hydrogens (tertiary/aromatic N) is 1. The summed E-state index contributed by atoms with van der Waals surface area (Å²) in [7, 11) is 1.43. The van der Waals surface area contributed by atoms with Gasteiger partial charge in [-0.2, -0.15) is 0 Å². The molecule has 0 amide bonds. The Labute approximate surface area is 85.9 Å². The number of methoxy groups -OCH3 is 1. The third kappa shape index (κ3) is 3.01. The van der Waals surface area contributed by atoms with Gasteiger partial charge in [-0.25, -0.2) is 4.98 Å². The van der Waals surface area contributed by atoms with Crippen LogP contribution in [0.4, 0.5) is 0 Å². The molecule has 0 bridgehead atoms. The lowest BCUT2D eigenvalue weighted by molar-refractivity contribution is -0.121. The Bertz CT molecular complexity index is 346. The summed E-state index contributed by atoms with van der Waals surface area (Å²) in [5.74, 6) is -0.459. The van der Waals surface area contributed by atoms with E-state index in [0.717, 1.165) is 5.01 Å². The molecule has 5 heteroatoms. The highest BCUT2D eigenvalue weighted by Crippen LogP contribution is 2.10. The number of hydrogen-bond acceptors (Lipinski definition) is 5. The van der Waals surface area contributed by atoms with Crippen LogP contribution in [-0.2, 0) is 9.53 Å². The van der Waals surface area contributed by atoms with Gasteiger partial charge in [0.2, 0.25) is 0 Å². The molecule has 0 spiro atoms. The largest absolute Gasteiger partial charge is 0.377 e. The van der Waals surface area contributed by atoms with Gasteiger partial charge in [-0.1, -0.05) is 0 Å². The summed E-state index contributed by atoms with van der Waals surface area (Å²) >= 11 is 1.40. The van der Waals surface area contributed by atoms with E-state index in [1.807, 2.05) is 6.92 Å². The summed E-state index contributed by atoms with van der Waals surface area (Å²) in [6, 6.07) is 0. The van der Waals surface area contributed by atoms with Gasteiger partial charge < -0.3 is 4.74 Å². The minimum atomic E-state index is -0.239. The summed E-state index contributed by atoms with van der Waals surface area (Å²) in [6.07, 6.45) is -0.128. The Kier molecular flexibility index (Phi) is 3.91. The number of ether oxygens (including phenoxy) is 1. The van der Waals surface area contributed by atoms with E-state index in [1.54, 1.807) is 5.38 Å². The maximum absolute atomic E-state index is 11.4. The van der Waals surface area contributed by atoms with Gasteiger partial charge in [-0.05, 0) is 6.92 Å². The number of hydrogen-bond donors (Lipinski definition) is 0. The predicted octanol–water partition coefficient (Wildman–Crippen LogP) is 1.24. The molecule has 4 nitrogen and oxygen atoms in total. The van der Waals surface area contributed by atoms with Crippen molar-refractivity contribution in [1.29, 1.82) is 0 Å². The summed E-state index contributed by atoms with van der Waals surface area (Å²) < 4.78 is 4.63. The Hall–Kier alpha value is -1.07. The highest BCUT2D eigenvalue weighted by molar-refractivity contribution is 7.09. The molecular weight excluding hydrogens is 202 g/mol. The number of Topliss-reactive ketones (excluding diaryl/α,β-unsaturated/α-hetero) is 2. The van der Waals surface area contributed by atoms with Crippen molar-refractivity contribution in [2.45, 2.75) is 13.3 Å². The molecule has 0 saturated carbocycles. The van der Waals surface area contributed by atoms with Crippen LogP contribution >= 0.6 is 11.3 Å². The topological polar surface area (TPSA) is 56.3 Å². The van der Waals surface area contributed by atoms with Crippen molar-refractivity contribution in [3.05, 3.63) is 16.1 Å². The number of thiazole rings is 1. The summed E-state index contributed by atoms with van der Waals surface area (Å²) in [4.78, 5) is 26.5. The minimum Gasteiger partial charge on any atom is -0.377 e. The Morgan fingerprint density at radius 3 is 2.79 bits per heavy atom. The summed E-state index contributed by atoms with van der Waals surface area (Å²) in [5.41, 5.74) is 0.372. The van der Waals surface area contributed by atoms with Crippen LogP contribution in [-0.4, -0.2) is 30.3 Å². The molecule has 1 aromatic rings. The molecule has 1 rings (SSSR count). The fourth-order valence-corrected chi connectivity index (χ4v) is 1.59. The molecule has 0 radical (unpaired) electrons. The number of carbonyl (C=O) groups excluding carboxylic acids is 2. The lowest BCUT2D eigenvalue weighted by atomic mass is 10.2. The van der Waals surface area contributed by atoms with Crippen molar-refractivity contribution < 1.29 is 14.3 Å². The van der Waals surface area contributed by atoms with E-state index in [-0.39, 0.29) is 24.6 Å². The summed E-state index contributed by atoms with van der Waals surface area (Å²) in [5, 5.41) is 2.49. The maximum Gasteiger partial charge on any atom is 0.189 e. The molecule has 1 heterocycles. The molecule has 0 fully saturated rings. The molecule has 1 aromatic heterocycles. The second-order valence-corrected chi connectivity index (χ2v) is 3.89. The predicted molar refractivity (Wildman–Crippen MR) is 52.7 cm³/mol. The van der Waals surface area contributed by atoms with Crippen molar-refractivity contribution in [3.63, 3.8) is 0 Å². The number of aryl methyl sites for hydroxylation is 1. The van der Waals surface area contributed by atoms with E-state index in [0.29, 0.717) is 5.69 Å². The zero-order chi connectivity index (χ0) is 10.6. The molecular formula is C9H11NO3S. The third-order valence-electron chi connectivity index (χ3n) is 1.57. The maximum atomic E-state index is 11.4. The minimum absolute atomic E-state index is 0.0190. The van der Waals surface area contributed by atoms with Crippen molar-refractivity contribution in [2.24, 2.45) is 0 Å². The van der Waals surface area contributed by atoms with Gasteiger partial charge >= 0.3 is 0 Å². The van der Waals surface area contributed by atoms with Gasteiger partial charge in [0.05, 0.1) is 11.4 Å². The van der Waals surface area contributed by atoms with Crippen LogP contribution in [0.2, 0.25) is 0 Å². The van der Waals surface area contributed by atoms with Crippen LogP contribution in [0, 0.1) is 6.92 Å². The van der Waals surface area contributed by atoms with E-state index in [2.05, 4.69) is 9.72 Å². The molecule has 0 atom stereocenters. The molecule has 0 unspecified atom stereocenters. The standard InChI is InChI=1S/C9H11NO3S/c1-6-10-8(5-14-6)9(12)3-7(11)4-13-2/h5H,3-4H2,1-2H3. The van der Waals surface area contributed by atoms with Crippen LogP contribution in [0.25, 0.3) is 0 Å². The Morgan fingerprint density at radius 2 is 2.29 bits per heavy atom. The van der Waals surface area contributed by atoms with Crippen molar-refractivity contribution >= 4 is 22.9 Å². The lowest BCUT2D eigenvalue weighted by Gasteiger charge is -1.96. The van der Waals surface area contributed by atoms with Gasteiger partial charge in [0, 0.05) is 12.5 Å². The van der Waals surface area contributed by atoms with Crippen LogP contribution in [0.1, 0.15) is 21.9 Å². The SMILES string of the molecule is COCC(=O)CC(=O)c1csc(C)n1. The smallest absolute Gasteiger partial charge is 0.189 e. The average molecular weight is 213 g/mol. The zero-order valence-corrected chi connectivity index (χ0v) is 8.89. The first-order valence-electron chi connectivity index (χ1n) is 4.09. The van der Waals surface area contributed by atoms with E-state index in [4.69, 9.17) is 0 Å². The number of ketones is 2. The number of rotatable bonds is 5. The van der Waals surface area contributed by atoms with Crippen molar-refractivity contribution in [3.8, 4) is 0 Å². The molecule has 0 aliphatic carbocycles. The van der Waals surface area contributed by atoms with Crippen LogP contribution in [0.15, 0.2) is 5.38 Å². The molecule has 0 aliphatic heterocycles. The van der Waals surface area contributed by atoms with Crippen LogP contribution in [0.5, 0.6) is 0 Å². The molecule has 14 heavy (non-hydrogen) atoms. The van der Waals surface area contributed by atoms with E-state index in [9.17, 15) is 9.59 Å². The number of aromatic nitrogens is 1. The quantitative estimate of drug-likeness (QED) is 0.545. The monoisotopic (exact) mass is 213 g/mol. The zero-order valence-electron chi connectivity index (χ0n) is 8.07. The lowest BCUT2D eigenvalue weighted by Crippen LogP contribution is -2.13. The van der Waals surface area contributed by atoms with Gasteiger partial charge in [0.25, 0.3) is 0 Å². The summed E-state index contributed by atoms with van der Waals surface area (Å²) in [6.45, 7) is 1.80. The fourth-order valence-electron chi connectivity index (χ4n) is 0.973. The highest BCUT2D eigenvalue weighted by Gasteiger charge is 2.13. The third-order valence-corrected chi connectivity index (χ3v) is 2.34. The molecule has 76 valence electrons. The normalized spacial score (nSPS) is 10.1. The van der Waals surface area contributed by atoms with Gasteiger partial charge in [-0.3, -0.25) is 9.59 Å². The first-order valence-corrected chi connectivity index (χ1v) is 4.97. The second-order valence-electron chi connectivity index (χ2n) is 2.82. The molecule has 0 N–H and O–H groups in total. The van der Waals surface area contributed by atoms with E-state index < -0.39 is 0 Å². The average Bonchev–Trinajstić information content (AvgIpc) is 2.52. The first-order chi connectivity index (χ1) is 6.63. The Balaban J connectivity index is 2.55. The molecule has 0 saturated heterocycles. The number of carbonyl (C=O) groups is 2. The second kappa shape index (κ2) is 4.97. The van der Waals surface area contributed by atoms with Gasteiger partial charge in [0.1, 0.15) is 12.3 Å². The van der Waals surface area contributed by atoms with Gasteiger partial charge in [-0.15, -0.1) is 11.3 Å².